The Morgan fingerprint density at radius 1 is 1.40 bits per heavy atom. The van der Waals surface area contributed by atoms with Crippen LogP contribution in [-0.2, 0) is 6.54 Å². The normalized spacial score (nSPS) is 10.3. The number of anilines is 1. The van der Waals surface area contributed by atoms with E-state index < -0.39 is 0 Å². The second-order valence-corrected chi connectivity index (χ2v) is 5.19. The van der Waals surface area contributed by atoms with Crippen LogP contribution in [0.25, 0.3) is 0 Å². The highest BCUT2D eigenvalue weighted by molar-refractivity contribution is 9.10. The average molecular weight is 283 g/mol. The monoisotopic (exact) mass is 282 g/mol. The molecule has 4 heteroatoms. The van der Waals surface area contributed by atoms with Crippen LogP contribution in [-0.4, -0.2) is 4.98 Å². The lowest BCUT2D eigenvalue weighted by Crippen LogP contribution is -1.98. The number of rotatable bonds is 3. The summed E-state index contributed by atoms with van der Waals surface area (Å²) in [6, 6.07) is 6.29. The quantitative estimate of drug-likeness (QED) is 0.926. The summed E-state index contributed by atoms with van der Waals surface area (Å²) in [5.74, 6) is 0. The van der Waals surface area contributed by atoms with Crippen LogP contribution in [0.2, 0.25) is 0 Å². The second-order valence-electron chi connectivity index (χ2n) is 3.30. The van der Waals surface area contributed by atoms with Gasteiger partial charge in [-0.2, -0.15) is 0 Å². The average Bonchev–Trinajstić information content (AvgIpc) is 2.65. The van der Waals surface area contributed by atoms with Gasteiger partial charge in [-0.1, -0.05) is 15.9 Å². The summed E-state index contributed by atoms with van der Waals surface area (Å²) in [6.07, 6.45) is 1.83. The molecule has 1 N–H and O–H groups in total. The molecule has 2 rings (SSSR count). The minimum Gasteiger partial charge on any atom is -0.378 e. The van der Waals surface area contributed by atoms with Crippen molar-refractivity contribution in [1.29, 1.82) is 0 Å². The fourth-order valence-electron chi connectivity index (χ4n) is 1.36. The molecular weight excluding hydrogens is 272 g/mol. The van der Waals surface area contributed by atoms with Crippen molar-refractivity contribution in [3.05, 3.63) is 44.8 Å². The topological polar surface area (TPSA) is 24.9 Å². The van der Waals surface area contributed by atoms with Gasteiger partial charge in [0.25, 0.3) is 0 Å². The minimum absolute atomic E-state index is 0.785. The number of aromatic nitrogens is 1. The molecule has 0 atom stereocenters. The van der Waals surface area contributed by atoms with Gasteiger partial charge in [-0.05, 0) is 30.7 Å². The van der Waals surface area contributed by atoms with E-state index in [-0.39, 0.29) is 0 Å². The van der Waals surface area contributed by atoms with Crippen LogP contribution in [0.4, 0.5) is 5.69 Å². The number of hydrogen-bond donors (Lipinski definition) is 1. The molecule has 0 aliphatic rings. The molecule has 2 aromatic rings. The summed E-state index contributed by atoms with van der Waals surface area (Å²) < 4.78 is 1.10. The lowest BCUT2D eigenvalue weighted by molar-refractivity contribution is 1.10. The number of thiazole rings is 1. The van der Waals surface area contributed by atoms with Crippen molar-refractivity contribution in [3.63, 3.8) is 0 Å². The zero-order valence-corrected chi connectivity index (χ0v) is 10.7. The van der Waals surface area contributed by atoms with Crippen LogP contribution < -0.4 is 5.32 Å². The molecule has 0 fully saturated rings. The Balaban J connectivity index is 2.05. The summed E-state index contributed by atoms with van der Waals surface area (Å²) in [6.45, 7) is 2.87. The molecule has 0 bridgehead atoms. The highest BCUT2D eigenvalue weighted by atomic mass is 79.9. The van der Waals surface area contributed by atoms with Crippen molar-refractivity contribution in [2.24, 2.45) is 0 Å². The zero-order valence-electron chi connectivity index (χ0n) is 8.33. The molecule has 1 aromatic carbocycles. The maximum atomic E-state index is 4.22. The summed E-state index contributed by atoms with van der Waals surface area (Å²) in [5, 5.41) is 6.44. The van der Waals surface area contributed by atoms with Crippen LogP contribution >= 0.6 is 27.3 Å². The molecule has 78 valence electrons. The maximum Gasteiger partial charge on any atom is 0.112 e. The van der Waals surface area contributed by atoms with Crippen LogP contribution in [0, 0.1) is 6.92 Å². The fraction of sp³-hybridized carbons (Fsp3) is 0.182. The first-order chi connectivity index (χ1) is 7.24. The first-order valence-electron chi connectivity index (χ1n) is 4.63. The minimum atomic E-state index is 0.785. The van der Waals surface area contributed by atoms with Crippen molar-refractivity contribution < 1.29 is 0 Å². The van der Waals surface area contributed by atoms with Gasteiger partial charge in [0.05, 0.1) is 6.54 Å². The van der Waals surface area contributed by atoms with Gasteiger partial charge in [0.2, 0.25) is 0 Å². The molecule has 2 nitrogen and oxygen atoms in total. The molecule has 0 aliphatic heterocycles. The third-order valence-electron chi connectivity index (χ3n) is 1.97. The smallest absolute Gasteiger partial charge is 0.112 e. The Morgan fingerprint density at radius 3 is 2.93 bits per heavy atom. The van der Waals surface area contributed by atoms with Gasteiger partial charge in [0, 0.05) is 21.7 Å². The largest absolute Gasteiger partial charge is 0.378 e. The van der Waals surface area contributed by atoms with E-state index in [2.05, 4.69) is 51.4 Å². The van der Waals surface area contributed by atoms with Gasteiger partial charge in [-0.3, -0.25) is 0 Å². The Morgan fingerprint density at radius 2 is 2.27 bits per heavy atom. The Bertz CT molecular complexity index is 420. The summed E-state index contributed by atoms with van der Waals surface area (Å²) in [5.41, 5.74) is 2.36. The SMILES string of the molecule is Cc1cc(Br)cc(NCc2nccs2)c1. The van der Waals surface area contributed by atoms with Crippen molar-refractivity contribution in [1.82, 2.24) is 4.98 Å². The molecule has 1 aromatic heterocycles. The van der Waals surface area contributed by atoms with Crippen LogP contribution in [0.5, 0.6) is 0 Å². The summed E-state index contributed by atoms with van der Waals surface area (Å²) >= 11 is 5.14. The van der Waals surface area contributed by atoms with E-state index in [9.17, 15) is 0 Å². The first-order valence-corrected chi connectivity index (χ1v) is 6.31. The predicted molar refractivity (Wildman–Crippen MR) is 68.3 cm³/mol. The van der Waals surface area contributed by atoms with Crippen LogP contribution in [0.1, 0.15) is 10.6 Å². The van der Waals surface area contributed by atoms with Crippen molar-refractivity contribution >= 4 is 33.0 Å². The summed E-state index contributed by atoms with van der Waals surface area (Å²) in [4.78, 5) is 4.22. The molecule has 1 heterocycles. The summed E-state index contributed by atoms with van der Waals surface area (Å²) in [7, 11) is 0. The van der Waals surface area contributed by atoms with Gasteiger partial charge in [0.15, 0.2) is 0 Å². The van der Waals surface area contributed by atoms with Gasteiger partial charge < -0.3 is 5.32 Å². The van der Waals surface area contributed by atoms with E-state index in [4.69, 9.17) is 0 Å². The fourth-order valence-corrected chi connectivity index (χ4v) is 2.52. The number of halogens is 1. The molecule has 0 saturated heterocycles. The number of benzene rings is 1. The molecule has 0 radical (unpaired) electrons. The molecule has 15 heavy (non-hydrogen) atoms. The molecule has 0 spiro atoms. The van der Waals surface area contributed by atoms with Crippen LogP contribution in [0.15, 0.2) is 34.2 Å². The first kappa shape index (κ1) is 10.6. The van der Waals surface area contributed by atoms with Crippen LogP contribution in [0.3, 0.4) is 0 Å². The van der Waals surface area contributed by atoms with Crippen molar-refractivity contribution in [3.8, 4) is 0 Å². The Hall–Kier alpha value is -0.870. The Kier molecular flexibility index (Phi) is 3.38. The Labute approximate surface area is 101 Å². The molecular formula is C11H11BrN2S. The van der Waals surface area contributed by atoms with Gasteiger partial charge in [0.1, 0.15) is 5.01 Å². The van der Waals surface area contributed by atoms with E-state index in [1.54, 1.807) is 11.3 Å². The highest BCUT2D eigenvalue weighted by Gasteiger charge is 1.98. The van der Waals surface area contributed by atoms with Gasteiger partial charge in [-0.15, -0.1) is 11.3 Å². The maximum absolute atomic E-state index is 4.22. The van der Waals surface area contributed by atoms with E-state index in [0.717, 1.165) is 21.7 Å². The predicted octanol–water partition coefficient (Wildman–Crippen LogP) is 3.83. The number of nitrogens with zero attached hydrogens (tertiary/aromatic N) is 1. The highest BCUT2D eigenvalue weighted by Crippen LogP contribution is 2.19. The van der Waals surface area contributed by atoms with Crippen molar-refractivity contribution in [2.75, 3.05) is 5.32 Å². The van der Waals surface area contributed by atoms with E-state index in [1.165, 1.54) is 5.56 Å². The third kappa shape index (κ3) is 3.04. The molecule has 0 unspecified atom stereocenters. The van der Waals surface area contributed by atoms with E-state index in [0.29, 0.717) is 0 Å². The van der Waals surface area contributed by atoms with E-state index in [1.807, 2.05) is 11.6 Å². The molecule has 0 amide bonds. The standard InChI is InChI=1S/C11H11BrN2S/c1-8-4-9(12)6-10(5-8)14-7-11-13-2-3-15-11/h2-6,14H,7H2,1H3. The number of hydrogen-bond acceptors (Lipinski definition) is 3. The molecule has 0 aliphatic carbocycles. The second kappa shape index (κ2) is 4.77. The third-order valence-corrected chi connectivity index (χ3v) is 3.21. The van der Waals surface area contributed by atoms with Crippen molar-refractivity contribution in [2.45, 2.75) is 13.5 Å². The number of nitrogens with one attached hydrogen (secondary N) is 1. The lowest BCUT2D eigenvalue weighted by atomic mass is 10.2. The lowest BCUT2D eigenvalue weighted by Gasteiger charge is -2.06. The van der Waals surface area contributed by atoms with E-state index >= 15 is 0 Å². The molecule has 0 saturated carbocycles. The zero-order chi connectivity index (χ0) is 10.7. The van der Waals surface area contributed by atoms with Gasteiger partial charge in [-0.25, -0.2) is 4.98 Å². The van der Waals surface area contributed by atoms with Gasteiger partial charge >= 0.3 is 0 Å². The number of aryl methyl sites for hydroxylation is 1.